The molecular formula is C24H29N3O2S. The quantitative estimate of drug-likeness (QED) is 0.583. The highest BCUT2D eigenvalue weighted by molar-refractivity contribution is 7.09. The minimum atomic E-state index is 0.137. The number of benzene rings is 1. The zero-order valence-corrected chi connectivity index (χ0v) is 18.7. The molecule has 1 aromatic carbocycles. The number of amides is 1. The third kappa shape index (κ3) is 4.10. The van der Waals surface area contributed by atoms with E-state index in [9.17, 15) is 4.79 Å². The van der Waals surface area contributed by atoms with E-state index in [0.29, 0.717) is 19.7 Å². The molecule has 1 fully saturated rings. The SMILES string of the molecule is CCOc1ccccc1N1CCN(C(=O)c2cc(C)n(Cc3cccs3)c2C)CC1. The first-order chi connectivity index (χ1) is 14.6. The number of para-hydroxylation sites is 2. The monoisotopic (exact) mass is 423 g/mol. The van der Waals surface area contributed by atoms with Gasteiger partial charge in [-0.3, -0.25) is 4.79 Å². The molecule has 0 bridgehead atoms. The Morgan fingerprint density at radius 1 is 1.07 bits per heavy atom. The van der Waals surface area contributed by atoms with Crippen LogP contribution in [0.1, 0.15) is 33.5 Å². The molecule has 3 heterocycles. The molecule has 5 nitrogen and oxygen atoms in total. The molecule has 6 heteroatoms. The predicted octanol–water partition coefficient (Wildman–Crippen LogP) is 4.58. The second-order valence-electron chi connectivity index (χ2n) is 7.63. The van der Waals surface area contributed by atoms with E-state index in [1.54, 1.807) is 11.3 Å². The van der Waals surface area contributed by atoms with Gasteiger partial charge in [0.15, 0.2) is 0 Å². The molecule has 1 saturated heterocycles. The molecule has 1 aliphatic heterocycles. The van der Waals surface area contributed by atoms with Crippen molar-refractivity contribution < 1.29 is 9.53 Å². The number of anilines is 1. The fourth-order valence-corrected chi connectivity index (χ4v) is 4.83. The number of ether oxygens (including phenoxy) is 1. The number of carbonyl (C=O) groups is 1. The molecule has 0 atom stereocenters. The maximum absolute atomic E-state index is 13.3. The first-order valence-corrected chi connectivity index (χ1v) is 11.4. The van der Waals surface area contributed by atoms with Gasteiger partial charge >= 0.3 is 0 Å². The van der Waals surface area contributed by atoms with E-state index in [1.807, 2.05) is 36.1 Å². The average molecular weight is 424 g/mol. The Balaban J connectivity index is 1.45. The Morgan fingerprint density at radius 3 is 2.53 bits per heavy atom. The van der Waals surface area contributed by atoms with Crippen LogP contribution in [-0.2, 0) is 6.54 Å². The Morgan fingerprint density at radius 2 is 1.83 bits per heavy atom. The van der Waals surface area contributed by atoms with E-state index in [4.69, 9.17) is 4.74 Å². The first-order valence-electron chi connectivity index (χ1n) is 10.5. The zero-order chi connectivity index (χ0) is 21.1. The number of carbonyl (C=O) groups excluding carboxylic acids is 1. The number of nitrogens with zero attached hydrogens (tertiary/aromatic N) is 3. The van der Waals surface area contributed by atoms with Crippen molar-refractivity contribution >= 4 is 22.9 Å². The van der Waals surface area contributed by atoms with Gasteiger partial charge in [-0.2, -0.15) is 0 Å². The molecule has 0 spiro atoms. The fraction of sp³-hybridized carbons (Fsp3) is 0.375. The molecule has 0 radical (unpaired) electrons. The summed E-state index contributed by atoms with van der Waals surface area (Å²) in [4.78, 5) is 18.9. The van der Waals surface area contributed by atoms with E-state index in [0.717, 1.165) is 48.0 Å². The van der Waals surface area contributed by atoms with Gasteiger partial charge in [0.1, 0.15) is 5.75 Å². The lowest BCUT2D eigenvalue weighted by molar-refractivity contribution is 0.0746. The van der Waals surface area contributed by atoms with Gasteiger partial charge in [0.05, 0.1) is 24.4 Å². The Bertz CT molecular complexity index is 1000. The third-order valence-corrected chi connectivity index (χ3v) is 6.63. The molecule has 4 rings (SSSR count). The maximum atomic E-state index is 13.3. The second kappa shape index (κ2) is 8.96. The van der Waals surface area contributed by atoms with Crippen molar-refractivity contribution in [3.63, 3.8) is 0 Å². The summed E-state index contributed by atoms with van der Waals surface area (Å²) in [6.45, 7) is 10.7. The van der Waals surface area contributed by atoms with Crippen LogP contribution in [0.2, 0.25) is 0 Å². The highest BCUT2D eigenvalue weighted by Crippen LogP contribution is 2.29. The van der Waals surface area contributed by atoms with E-state index < -0.39 is 0 Å². The molecule has 0 unspecified atom stereocenters. The molecule has 158 valence electrons. The van der Waals surface area contributed by atoms with Crippen molar-refractivity contribution in [1.82, 2.24) is 9.47 Å². The lowest BCUT2D eigenvalue weighted by Gasteiger charge is -2.36. The van der Waals surface area contributed by atoms with Crippen LogP contribution in [0.4, 0.5) is 5.69 Å². The first kappa shape index (κ1) is 20.5. The van der Waals surface area contributed by atoms with Crippen molar-refractivity contribution in [2.45, 2.75) is 27.3 Å². The summed E-state index contributed by atoms with van der Waals surface area (Å²) in [7, 11) is 0. The Kier molecular flexibility index (Phi) is 6.13. The Hall–Kier alpha value is -2.73. The van der Waals surface area contributed by atoms with Gasteiger partial charge in [-0.1, -0.05) is 18.2 Å². The normalized spacial score (nSPS) is 14.2. The number of piperazine rings is 1. The largest absolute Gasteiger partial charge is 0.492 e. The Labute approximate surface area is 182 Å². The summed E-state index contributed by atoms with van der Waals surface area (Å²) in [6, 6.07) is 14.4. The van der Waals surface area contributed by atoms with Gasteiger partial charge < -0.3 is 19.1 Å². The van der Waals surface area contributed by atoms with Gasteiger partial charge in [-0.15, -0.1) is 11.3 Å². The standard InChI is InChI=1S/C24H29N3O2S/c1-4-29-23-10-6-5-9-22(23)25-11-13-26(14-12-25)24(28)21-16-18(2)27(19(21)3)17-20-8-7-15-30-20/h5-10,15-16H,4,11-14,17H2,1-3H3. The summed E-state index contributed by atoms with van der Waals surface area (Å²) >= 11 is 1.75. The van der Waals surface area contributed by atoms with Gasteiger partial charge in [0.25, 0.3) is 5.91 Å². The van der Waals surface area contributed by atoms with Crippen molar-refractivity contribution in [3.8, 4) is 5.75 Å². The third-order valence-electron chi connectivity index (χ3n) is 5.77. The topological polar surface area (TPSA) is 37.7 Å². The lowest BCUT2D eigenvalue weighted by atomic mass is 10.1. The summed E-state index contributed by atoms with van der Waals surface area (Å²) in [5.41, 5.74) is 4.12. The van der Waals surface area contributed by atoms with Crippen LogP contribution < -0.4 is 9.64 Å². The van der Waals surface area contributed by atoms with Gasteiger partial charge in [0, 0.05) is 42.4 Å². The molecule has 0 aliphatic carbocycles. The molecule has 0 N–H and O–H groups in total. The van der Waals surface area contributed by atoms with Crippen molar-refractivity contribution in [3.05, 3.63) is 69.7 Å². The predicted molar refractivity (Wildman–Crippen MR) is 123 cm³/mol. The number of aromatic nitrogens is 1. The number of rotatable bonds is 6. The van der Waals surface area contributed by atoms with Gasteiger partial charge in [-0.25, -0.2) is 0 Å². The van der Waals surface area contributed by atoms with E-state index in [-0.39, 0.29) is 5.91 Å². The van der Waals surface area contributed by atoms with Gasteiger partial charge in [0.2, 0.25) is 0 Å². The van der Waals surface area contributed by atoms with Crippen LogP contribution in [0.25, 0.3) is 0 Å². The molecule has 3 aromatic rings. The minimum absolute atomic E-state index is 0.137. The summed E-state index contributed by atoms with van der Waals surface area (Å²) in [5, 5.41) is 2.10. The van der Waals surface area contributed by atoms with Crippen LogP contribution in [-0.4, -0.2) is 48.2 Å². The van der Waals surface area contributed by atoms with Crippen LogP contribution in [0.15, 0.2) is 47.8 Å². The maximum Gasteiger partial charge on any atom is 0.255 e. The zero-order valence-electron chi connectivity index (χ0n) is 17.9. The minimum Gasteiger partial charge on any atom is -0.492 e. The number of hydrogen-bond acceptors (Lipinski definition) is 4. The van der Waals surface area contributed by atoms with Crippen LogP contribution in [0.5, 0.6) is 5.75 Å². The lowest BCUT2D eigenvalue weighted by Crippen LogP contribution is -2.49. The average Bonchev–Trinajstić information content (AvgIpc) is 3.38. The van der Waals surface area contributed by atoms with Gasteiger partial charge in [-0.05, 0) is 50.4 Å². The molecular weight excluding hydrogens is 394 g/mol. The fourth-order valence-electron chi connectivity index (χ4n) is 4.14. The highest BCUT2D eigenvalue weighted by Gasteiger charge is 2.26. The molecule has 2 aromatic heterocycles. The number of aryl methyl sites for hydroxylation is 1. The highest BCUT2D eigenvalue weighted by atomic mass is 32.1. The molecule has 1 aliphatic rings. The molecule has 0 saturated carbocycles. The van der Waals surface area contributed by atoms with Crippen LogP contribution in [0.3, 0.4) is 0 Å². The summed E-state index contributed by atoms with van der Waals surface area (Å²) in [5.74, 6) is 1.05. The van der Waals surface area contributed by atoms with Crippen molar-refractivity contribution in [2.75, 3.05) is 37.7 Å². The smallest absolute Gasteiger partial charge is 0.255 e. The van der Waals surface area contributed by atoms with E-state index >= 15 is 0 Å². The molecule has 30 heavy (non-hydrogen) atoms. The van der Waals surface area contributed by atoms with Crippen LogP contribution >= 0.6 is 11.3 Å². The molecule has 1 amide bonds. The van der Waals surface area contributed by atoms with Crippen molar-refractivity contribution in [1.29, 1.82) is 0 Å². The number of hydrogen-bond donors (Lipinski definition) is 0. The second-order valence-corrected chi connectivity index (χ2v) is 8.66. The number of thiophene rings is 1. The van der Waals surface area contributed by atoms with Crippen molar-refractivity contribution in [2.24, 2.45) is 0 Å². The van der Waals surface area contributed by atoms with E-state index in [2.05, 4.69) is 46.9 Å². The van der Waals surface area contributed by atoms with Crippen LogP contribution in [0, 0.1) is 13.8 Å². The summed E-state index contributed by atoms with van der Waals surface area (Å²) in [6.07, 6.45) is 0. The summed E-state index contributed by atoms with van der Waals surface area (Å²) < 4.78 is 8.03. The van der Waals surface area contributed by atoms with E-state index in [1.165, 1.54) is 4.88 Å².